The molecule has 0 unspecified atom stereocenters. The summed E-state index contributed by atoms with van der Waals surface area (Å²) in [5.41, 5.74) is 1.95. The average molecular weight is 193 g/mol. The van der Waals surface area contributed by atoms with Gasteiger partial charge in [0.05, 0.1) is 5.69 Å². The molecular weight excluding hydrogens is 174 g/mol. The Morgan fingerprint density at radius 3 is 2.71 bits per heavy atom. The Morgan fingerprint density at radius 1 is 1.29 bits per heavy atom. The van der Waals surface area contributed by atoms with Crippen LogP contribution in [0, 0.1) is 0 Å². The Hall–Kier alpha value is -1.05. The summed E-state index contributed by atoms with van der Waals surface area (Å²) < 4.78 is 0. The van der Waals surface area contributed by atoms with Gasteiger partial charge in [-0.05, 0) is 25.0 Å². The summed E-state index contributed by atoms with van der Waals surface area (Å²) in [5, 5.41) is 0. The van der Waals surface area contributed by atoms with E-state index in [1.807, 2.05) is 12.1 Å². The number of aryl methyl sites for hydroxylation is 1. The highest BCUT2D eigenvalue weighted by atomic mass is 16.1. The van der Waals surface area contributed by atoms with Crippen LogP contribution in [-0.4, -0.2) is 10.8 Å². The van der Waals surface area contributed by atoms with Crippen molar-refractivity contribution in [2.24, 2.45) is 0 Å². The number of hydrogen-bond donors (Lipinski definition) is 1. The van der Waals surface area contributed by atoms with Crippen LogP contribution in [-0.2, 0) is 6.42 Å². The molecule has 0 aliphatic carbocycles. The van der Waals surface area contributed by atoms with Gasteiger partial charge in [-0.3, -0.25) is 4.79 Å². The maximum Gasteiger partial charge on any atom is 0.179 e. The Balaban J connectivity index is 2.53. The van der Waals surface area contributed by atoms with E-state index in [-0.39, 0.29) is 5.78 Å². The van der Waals surface area contributed by atoms with Crippen molar-refractivity contribution in [3.05, 3.63) is 23.5 Å². The fraction of sp³-hybridized carbons (Fsp3) is 0.583. The highest BCUT2D eigenvalue weighted by molar-refractivity contribution is 5.94. The van der Waals surface area contributed by atoms with Gasteiger partial charge in [-0.25, -0.2) is 0 Å². The molecule has 0 aliphatic heterocycles. The maximum absolute atomic E-state index is 11.6. The summed E-state index contributed by atoms with van der Waals surface area (Å²) in [4.78, 5) is 14.8. The number of Topliss-reactive ketones (excluding diaryl/α,β-unsaturated/α-hetero) is 1. The Labute approximate surface area is 85.7 Å². The topological polar surface area (TPSA) is 32.9 Å². The van der Waals surface area contributed by atoms with Gasteiger partial charge in [0.1, 0.15) is 0 Å². The lowest BCUT2D eigenvalue weighted by atomic mass is 10.1. The van der Waals surface area contributed by atoms with Crippen molar-refractivity contribution in [2.75, 3.05) is 0 Å². The number of unbranched alkanes of at least 4 members (excludes halogenated alkanes) is 1. The van der Waals surface area contributed by atoms with Gasteiger partial charge >= 0.3 is 0 Å². The van der Waals surface area contributed by atoms with Crippen molar-refractivity contribution in [3.63, 3.8) is 0 Å². The largest absolute Gasteiger partial charge is 0.356 e. The fourth-order valence-electron chi connectivity index (χ4n) is 1.49. The number of aromatic amines is 1. The molecule has 1 rings (SSSR count). The summed E-state index contributed by atoms with van der Waals surface area (Å²) in [5.74, 6) is 0.245. The molecule has 0 spiro atoms. The summed E-state index contributed by atoms with van der Waals surface area (Å²) in [6.45, 7) is 4.24. The number of aromatic nitrogens is 1. The molecule has 0 saturated carbocycles. The quantitative estimate of drug-likeness (QED) is 0.690. The van der Waals surface area contributed by atoms with Crippen molar-refractivity contribution in [2.45, 2.75) is 46.0 Å². The SMILES string of the molecule is CCCCC(=O)c1ccc(CCC)[nH]1. The minimum atomic E-state index is 0.245. The summed E-state index contributed by atoms with van der Waals surface area (Å²) in [6.07, 6.45) is 4.88. The fourth-order valence-corrected chi connectivity index (χ4v) is 1.49. The third-order valence-electron chi connectivity index (χ3n) is 2.32. The normalized spacial score (nSPS) is 10.4. The van der Waals surface area contributed by atoms with Crippen LogP contribution in [0.3, 0.4) is 0 Å². The lowest BCUT2D eigenvalue weighted by Gasteiger charge is -1.96. The average Bonchev–Trinajstić information content (AvgIpc) is 2.63. The van der Waals surface area contributed by atoms with Gasteiger partial charge in [-0.1, -0.05) is 26.7 Å². The number of ketones is 1. The van der Waals surface area contributed by atoms with Crippen LogP contribution >= 0.6 is 0 Å². The molecule has 2 nitrogen and oxygen atoms in total. The van der Waals surface area contributed by atoms with Crippen molar-refractivity contribution >= 4 is 5.78 Å². The zero-order valence-corrected chi connectivity index (χ0v) is 9.10. The molecule has 1 N–H and O–H groups in total. The van der Waals surface area contributed by atoms with Crippen molar-refractivity contribution in [3.8, 4) is 0 Å². The van der Waals surface area contributed by atoms with Gasteiger partial charge in [-0.15, -0.1) is 0 Å². The molecule has 78 valence electrons. The van der Waals surface area contributed by atoms with Crippen LogP contribution in [0.1, 0.15) is 55.7 Å². The molecule has 0 radical (unpaired) electrons. The van der Waals surface area contributed by atoms with E-state index in [1.54, 1.807) is 0 Å². The van der Waals surface area contributed by atoms with E-state index in [2.05, 4.69) is 18.8 Å². The first-order valence-electron chi connectivity index (χ1n) is 5.49. The molecule has 0 aliphatic rings. The van der Waals surface area contributed by atoms with Gasteiger partial charge in [0, 0.05) is 12.1 Å². The van der Waals surface area contributed by atoms with E-state index in [4.69, 9.17) is 0 Å². The van der Waals surface area contributed by atoms with Crippen LogP contribution in [0.25, 0.3) is 0 Å². The Morgan fingerprint density at radius 2 is 2.07 bits per heavy atom. The third kappa shape index (κ3) is 3.02. The number of rotatable bonds is 6. The number of hydrogen-bond acceptors (Lipinski definition) is 1. The van der Waals surface area contributed by atoms with Gasteiger partial charge in [0.25, 0.3) is 0 Å². The summed E-state index contributed by atoms with van der Waals surface area (Å²) in [7, 11) is 0. The minimum absolute atomic E-state index is 0.245. The Kier molecular flexibility index (Phi) is 4.44. The lowest BCUT2D eigenvalue weighted by Crippen LogP contribution is -1.99. The second-order valence-corrected chi connectivity index (χ2v) is 3.67. The zero-order valence-electron chi connectivity index (χ0n) is 9.10. The zero-order chi connectivity index (χ0) is 10.4. The van der Waals surface area contributed by atoms with E-state index in [1.165, 1.54) is 5.69 Å². The van der Waals surface area contributed by atoms with Crippen LogP contribution in [0.5, 0.6) is 0 Å². The van der Waals surface area contributed by atoms with Crippen LogP contribution in [0.15, 0.2) is 12.1 Å². The molecule has 1 heterocycles. The molecule has 0 aromatic carbocycles. The highest BCUT2D eigenvalue weighted by Gasteiger charge is 2.06. The van der Waals surface area contributed by atoms with E-state index in [9.17, 15) is 4.79 Å². The van der Waals surface area contributed by atoms with Crippen LogP contribution in [0.2, 0.25) is 0 Å². The first kappa shape index (κ1) is 11.0. The molecule has 0 fully saturated rings. The summed E-state index contributed by atoms with van der Waals surface area (Å²) >= 11 is 0. The predicted molar refractivity (Wildman–Crippen MR) is 58.6 cm³/mol. The molecule has 0 bridgehead atoms. The third-order valence-corrected chi connectivity index (χ3v) is 2.32. The molecule has 0 amide bonds. The lowest BCUT2D eigenvalue weighted by molar-refractivity contribution is 0.0975. The number of nitrogens with one attached hydrogen (secondary N) is 1. The van der Waals surface area contributed by atoms with E-state index < -0.39 is 0 Å². The van der Waals surface area contributed by atoms with Gasteiger partial charge < -0.3 is 4.98 Å². The molecule has 1 aromatic heterocycles. The number of H-pyrrole nitrogens is 1. The Bertz CT molecular complexity index is 288. The van der Waals surface area contributed by atoms with Crippen molar-refractivity contribution in [1.29, 1.82) is 0 Å². The molecule has 2 heteroatoms. The summed E-state index contributed by atoms with van der Waals surface area (Å²) in [6, 6.07) is 3.92. The van der Waals surface area contributed by atoms with E-state index in [0.29, 0.717) is 6.42 Å². The van der Waals surface area contributed by atoms with Gasteiger partial charge in [0.2, 0.25) is 0 Å². The molecule has 0 atom stereocenters. The van der Waals surface area contributed by atoms with E-state index in [0.717, 1.165) is 31.4 Å². The molecule has 1 aromatic rings. The monoisotopic (exact) mass is 193 g/mol. The predicted octanol–water partition coefficient (Wildman–Crippen LogP) is 3.34. The van der Waals surface area contributed by atoms with Crippen molar-refractivity contribution < 1.29 is 4.79 Å². The van der Waals surface area contributed by atoms with Gasteiger partial charge in [0.15, 0.2) is 5.78 Å². The molecular formula is C12H19NO. The molecule has 14 heavy (non-hydrogen) atoms. The first-order valence-corrected chi connectivity index (χ1v) is 5.49. The standard InChI is InChI=1S/C12H19NO/c1-3-5-7-12(14)11-9-8-10(13-11)6-4-2/h8-9,13H,3-7H2,1-2H3. The maximum atomic E-state index is 11.6. The van der Waals surface area contributed by atoms with Gasteiger partial charge in [-0.2, -0.15) is 0 Å². The second-order valence-electron chi connectivity index (χ2n) is 3.67. The van der Waals surface area contributed by atoms with Crippen LogP contribution in [0.4, 0.5) is 0 Å². The second kappa shape index (κ2) is 5.63. The number of carbonyl (C=O) groups is 1. The smallest absolute Gasteiger partial charge is 0.179 e. The highest BCUT2D eigenvalue weighted by Crippen LogP contribution is 2.08. The number of carbonyl (C=O) groups excluding carboxylic acids is 1. The molecule has 0 saturated heterocycles. The van der Waals surface area contributed by atoms with Crippen LogP contribution < -0.4 is 0 Å². The van der Waals surface area contributed by atoms with E-state index >= 15 is 0 Å². The first-order chi connectivity index (χ1) is 6.77. The van der Waals surface area contributed by atoms with Crippen molar-refractivity contribution in [1.82, 2.24) is 4.98 Å². The minimum Gasteiger partial charge on any atom is -0.356 e.